The smallest absolute Gasteiger partial charge is 0.332 e. The fraction of sp³-hybridized carbons (Fsp3) is 0.744. The molecule has 2 atom stereocenters. The number of carbonyl (C=O) groups excluding carboxylic acids is 5. The maximum Gasteiger partial charge on any atom is 0.332 e. The number of hydrogen-bond acceptors (Lipinski definition) is 26. The highest BCUT2D eigenvalue weighted by atomic mass is 32.1. The van der Waals surface area contributed by atoms with E-state index in [1.807, 2.05) is 30.3 Å². The Hall–Kier alpha value is -2.28. The lowest BCUT2D eigenvalue weighted by Crippen LogP contribution is -2.24. The summed E-state index contributed by atoms with van der Waals surface area (Å²) in [4.78, 5) is 55.5. The average Bonchev–Trinajstić information content (AvgIpc) is 3.36. The number of thiol groups is 5. The van der Waals surface area contributed by atoms with Crippen molar-refractivity contribution in [1.82, 2.24) is 0 Å². The molecule has 0 saturated heterocycles. The van der Waals surface area contributed by atoms with Crippen molar-refractivity contribution >= 4 is 93.0 Å². The molecule has 0 radical (unpaired) electrons. The van der Waals surface area contributed by atoms with E-state index in [4.69, 9.17) is 75.8 Å². The van der Waals surface area contributed by atoms with E-state index >= 15 is 0 Å². The molecule has 0 spiro atoms. The zero-order valence-corrected chi connectivity index (χ0v) is 44.7. The summed E-state index contributed by atoms with van der Waals surface area (Å²) in [7, 11) is 6.36. The zero-order valence-electron chi connectivity index (χ0n) is 40.2. The summed E-state index contributed by atoms with van der Waals surface area (Å²) in [6.07, 6.45) is -0.172. The van der Waals surface area contributed by atoms with Gasteiger partial charge in [0.05, 0.1) is 117 Å². The monoisotopic (exact) mass is 1090 g/mol. The molecule has 0 saturated carbocycles. The van der Waals surface area contributed by atoms with Crippen molar-refractivity contribution in [3.8, 4) is 5.75 Å². The Kier molecular flexibility index (Phi) is 60.0. The van der Waals surface area contributed by atoms with Crippen LogP contribution in [0, 0.1) is 0 Å². The van der Waals surface area contributed by atoms with E-state index in [-0.39, 0.29) is 93.9 Å². The van der Waals surface area contributed by atoms with Crippen LogP contribution in [0.1, 0.15) is 6.42 Å². The van der Waals surface area contributed by atoms with Crippen LogP contribution in [0.25, 0.3) is 0 Å². The SMILES string of the molecule is COCCOCC(=O)OCC(S)CS.COCCOCCOCCOC(=O)C(S)CC(=O)OCCOCCOC.COCCOCCOCCOC(=O)CS.O=C(CS)OCCOc1ccccc1. The van der Waals surface area contributed by atoms with Crippen LogP contribution in [0.5, 0.6) is 5.75 Å². The third-order valence-electron chi connectivity index (χ3n) is 7.04. The summed E-state index contributed by atoms with van der Waals surface area (Å²) in [6, 6.07) is 9.37. The molecular weight excluding hydrogens is 1010 g/mol. The largest absolute Gasteiger partial charge is 0.490 e. The van der Waals surface area contributed by atoms with Crippen LogP contribution < -0.4 is 4.74 Å². The van der Waals surface area contributed by atoms with Crippen LogP contribution in [-0.2, 0) is 95.0 Å². The quantitative estimate of drug-likeness (QED) is 0.0274. The first-order valence-corrected chi connectivity index (χ1v) is 24.5. The minimum absolute atomic E-state index is 0.0266. The molecule has 0 fully saturated rings. The van der Waals surface area contributed by atoms with Gasteiger partial charge in [0.15, 0.2) is 0 Å². The van der Waals surface area contributed by atoms with Crippen LogP contribution in [0.15, 0.2) is 30.3 Å². The fourth-order valence-electron chi connectivity index (χ4n) is 3.70. The standard InChI is InChI=1S/C16H30O9S.C10H12O3S.C9H18O5S.C8H16O4S2/c1-19-3-5-21-7-8-23-10-12-25-16(18)14(26)13-15(17)24-11-9-22-6-4-20-2;11-10(8-14)13-7-6-12-9-4-2-1-3-5-9;1-11-2-3-12-4-5-13-6-7-14-9(10)8-15;1-10-2-3-11-5-8(9)12-4-7(14)6-13/h14,26H,3-13H2,1-2H3;1-5,14H,6-8H2;15H,2-8H2,1H3;7,13-14H,2-6H2,1H3. The minimum atomic E-state index is -0.880. The Bertz CT molecular complexity index is 1310. The molecule has 0 aliphatic rings. The maximum atomic E-state index is 11.7. The summed E-state index contributed by atoms with van der Waals surface area (Å²) < 4.78 is 79.6. The molecule has 0 heterocycles. The summed E-state index contributed by atoms with van der Waals surface area (Å²) >= 11 is 19.7. The summed E-state index contributed by atoms with van der Waals surface area (Å²) in [5, 5.41) is -0.907. The lowest BCUT2D eigenvalue weighted by Gasteiger charge is -2.11. The summed E-state index contributed by atoms with van der Waals surface area (Å²) in [5.41, 5.74) is 0. The second-order valence-corrected chi connectivity index (χ2v) is 15.0. The molecule has 0 aliphatic carbocycles. The number of benzene rings is 1. The highest BCUT2D eigenvalue weighted by Crippen LogP contribution is 2.08. The van der Waals surface area contributed by atoms with Gasteiger partial charge in [0.25, 0.3) is 0 Å². The Morgan fingerprint density at radius 3 is 1.23 bits per heavy atom. The number of carbonyl (C=O) groups is 5. The Labute approximate surface area is 434 Å². The van der Waals surface area contributed by atoms with Crippen molar-refractivity contribution < 1.29 is 99.8 Å². The van der Waals surface area contributed by atoms with Gasteiger partial charge in [0.1, 0.15) is 57.2 Å². The highest BCUT2D eigenvalue weighted by Gasteiger charge is 2.20. The van der Waals surface area contributed by atoms with Crippen molar-refractivity contribution in [3.05, 3.63) is 30.3 Å². The predicted octanol–water partition coefficient (Wildman–Crippen LogP) is 2.20. The summed E-state index contributed by atoms with van der Waals surface area (Å²) in [5.74, 6) is -0.644. The van der Waals surface area contributed by atoms with Gasteiger partial charge in [0, 0.05) is 39.4 Å². The molecule has 404 valence electrons. The normalized spacial score (nSPS) is 11.2. The van der Waals surface area contributed by atoms with Gasteiger partial charge in [-0.1, -0.05) is 18.2 Å². The summed E-state index contributed by atoms with van der Waals surface area (Å²) in [6.45, 7) is 7.97. The van der Waals surface area contributed by atoms with Gasteiger partial charge in [-0.05, 0) is 12.1 Å². The lowest BCUT2D eigenvalue weighted by molar-refractivity contribution is -0.151. The highest BCUT2D eigenvalue weighted by molar-refractivity contribution is 7.84. The van der Waals surface area contributed by atoms with Crippen LogP contribution in [0.2, 0.25) is 0 Å². The average molecular weight is 1090 g/mol. The molecule has 0 amide bonds. The number of ether oxygens (including phenoxy) is 16. The van der Waals surface area contributed by atoms with Gasteiger partial charge in [-0.25, -0.2) is 4.79 Å². The van der Waals surface area contributed by atoms with Gasteiger partial charge in [-0.15, -0.1) is 0 Å². The Morgan fingerprint density at radius 1 is 0.435 bits per heavy atom. The van der Waals surface area contributed by atoms with Crippen LogP contribution >= 0.6 is 63.1 Å². The van der Waals surface area contributed by atoms with Crippen LogP contribution in [0.4, 0.5) is 0 Å². The van der Waals surface area contributed by atoms with Gasteiger partial charge < -0.3 is 75.8 Å². The van der Waals surface area contributed by atoms with E-state index in [2.05, 4.69) is 63.1 Å². The van der Waals surface area contributed by atoms with Crippen LogP contribution in [0.3, 0.4) is 0 Å². The molecule has 21 nitrogen and oxygen atoms in total. The second kappa shape index (κ2) is 58.3. The van der Waals surface area contributed by atoms with Gasteiger partial charge >= 0.3 is 29.8 Å². The fourth-order valence-corrected chi connectivity index (χ4v) is 4.29. The van der Waals surface area contributed by atoms with E-state index in [1.54, 1.807) is 28.4 Å². The molecule has 26 heteroatoms. The molecule has 0 bridgehead atoms. The Morgan fingerprint density at radius 2 is 0.812 bits per heavy atom. The van der Waals surface area contributed by atoms with E-state index in [1.165, 1.54) is 0 Å². The predicted molar refractivity (Wildman–Crippen MR) is 271 cm³/mol. The third kappa shape index (κ3) is 58.2. The van der Waals surface area contributed by atoms with Gasteiger partial charge in [-0.3, -0.25) is 19.2 Å². The maximum absolute atomic E-state index is 11.7. The minimum Gasteiger partial charge on any atom is -0.490 e. The van der Waals surface area contributed by atoms with Crippen molar-refractivity contribution in [2.24, 2.45) is 0 Å². The first kappa shape index (κ1) is 71.0. The van der Waals surface area contributed by atoms with E-state index in [0.717, 1.165) is 5.75 Å². The van der Waals surface area contributed by atoms with E-state index < -0.39 is 17.2 Å². The van der Waals surface area contributed by atoms with Crippen LogP contribution in [-0.4, -0.2) is 231 Å². The van der Waals surface area contributed by atoms with Crippen molar-refractivity contribution in [2.75, 3.05) is 191 Å². The molecular formula is C43H76O21S5. The molecule has 0 aliphatic heterocycles. The molecule has 0 aromatic heterocycles. The molecule has 1 rings (SSSR count). The molecule has 69 heavy (non-hydrogen) atoms. The first-order valence-electron chi connectivity index (χ1n) is 21.5. The number of para-hydroxylation sites is 1. The number of hydrogen-bond donors (Lipinski definition) is 5. The van der Waals surface area contributed by atoms with E-state index in [0.29, 0.717) is 98.2 Å². The molecule has 0 N–H and O–H groups in total. The Balaban J connectivity index is -0.000000879. The van der Waals surface area contributed by atoms with Crippen molar-refractivity contribution in [2.45, 2.75) is 16.9 Å². The van der Waals surface area contributed by atoms with Gasteiger partial charge in [0.2, 0.25) is 0 Å². The third-order valence-corrected chi connectivity index (χ3v) is 9.01. The second-order valence-electron chi connectivity index (χ2n) is 12.6. The number of rotatable bonds is 41. The number of methoxy groups -OCH3 is 4. The molecule has 2 unspecified atom stereocenters. The van der Waals surface area contributed by atoms with Crippen molar-refractivity contribution in [3.63, 3.8) is 0 Å². The van der Waals surface area contributed by atoms with E-state index in [9.17, 15) is 24.0 Å². The van der Waals surface area contributed by atoms with Gasteiger partial charge in [-0.2, -0.15) is 63.1 Å². The zero-order chi connectivity index (χ0) is 51.9. The molecule has 1 aromatic rings. The van der Waals surface area contributed by atoms with Crippen molar-refractivity contribution in [1.29, 1.82) is 0 Å². The first-order chi connectivity index (χ1) is 33.4. The topological polar surface area (TPSA) is 233 Å². The molecule has 1 aromatic carbocycles. The lowest BCUT2D eigenvalue weighted by atomic mass is 10.3. The number of esters is 5.